The molecule has 40 heavy (non-hydrogen) atoms. The topological polar surface area (TPSA) is 85.9 Å². The lowest BCUT2D eigenvalue weighted by atomic mass is 9.83. The number of hydrogen-bond donors (Lipinski definition) is 1. The molecule has 1 fully saturated rings. The number of fused-ring (bicyclic) bond motifs is 6. The van der Waals surface area contributed by atoms with E-state index < -0.39 is 0 Å². The highest BCUT2D eigenvalue weighted by atomic mass is 16.5. The lowest BCUT2D eigenvalue weighted by molar-refractivity contribution is 0.101. The standard InChI is InChI=1S/C32H31N3O5/c1-3-34-17-20(24-13-22(39-2)7-9-27(24)34)12-29-31(38)23-8-10-28(36)25(32(23)40-29)18-33-14-19-11-21(16-33)26-5-4-6-30(37)35(26)15-19/h4-10,12-13,17,19,21,36H,3,11,14-16,18H2,1-2H3/b29-12+/t19-,21+/m0/s1. The number of aromatic nitrogens is 2. The van der Waals surface area contributed by atoms with E-state index in [1.54, 1.807) is 31.4 Å². The molecule has 7 rings (SSSR count). The number of hydrogen-bond acceptors (Lipinski definition) is 6. The summed E-state index contributed by atoms with van der Waals surface area (Å²) < 4.78 is 15.7. The van der Waals surface area contributed by atoms with Crippen LogP contribution >= 0.6 is 0 Å². The van der Waals surface area contributed by atoms with Crippen molar-refractivity contribution in [1.82, 2.24) is 14.0 Å². The number of likely N-dealkylation sites (tertiary alicyclic amines) is 1. The Balaban J connectivity index is 1.20. The van der Waals surface area contributed by atoms with E-state index in [2.05, 4.69) is 16.4 Å². The number of rotatable bonds is 5. The molecule has 4 aromatic rings. The number of carbonyl (C=O) groups is 1. The van der Waals surface area contributed by atoms with Crippen molar-refractivity contribution in [3.8, 4) is 17.2 Å². The van der Waals surface area contributed by atoms with Crippen molar-refractivity contribution < 1.29 is 19.4 Å². The fourth-order valence-corrected chi connectivity index (χ4v) is 6.75. The Morgan fingerprint density at radius 1 is 1.10 bits per heavy atom. The zero-order valence-electron chi connectivity index (χ0n) is 22.6. The van der Waals surface area contributed by atoms with E-state index in [1.807, 2.05) is 41.1 Å². The molecular weight excluding hydrogens is 506 g/mol. The summed E-state index contributed by atoms with van der Waals surface area (Å²) in [5.74, 6) is 1.95. The molecule has 5 heterocycles. The summed E-state index contributed by atoms with van der Waals surface area (Å²) in [6.07, 6.45) is 4.86. The third-order valence-electron chi connectivity index (χ3n) is 8.60. The lowest BCUT2D eigenvalue weighted by Crippen LogP contribution is -2.46. The Morgan fingerprint density at radius 2 is 1.98 bits per heavy atom. The molecule has 1 saturated heterocycles. The van der Waals surface area contributed by atoms with Crippen LogP contribution in [0.1, 0.15) is 46.4 Å². The van der Waals surface area contributed by atoms with Gasteiger partial charge in [0.1, 0.15) is 17.2 Å². The van der Waals surface area contributed by atoms with Crippen molar-refractivity contribution in [1.29, 1.82) is 0 Å². The van der Waals surface area contributed by atoms with Crippen LogP contribution in [-0.4, -0.2) is 45.1 Å². The Labute approximate surface area is 231 Å². The van der Waals surface area contributed by atoms with E-state index in [9.17, 15) is 14.7 Å². The number of allylic oxidation sites excluding steroid dienone is 1. The number of methoxy groups -OCH3 is 1. The average Bonchev–Trinajstić information content (AvgIpc) is 3.47. The summed E-state index contributed by atoms with van der Waals surface area (Å²) in [6.45, 7) is 5.63. The largest absolute Gasteiger partial charge is 0.507 e. The van der Waals surface area contributed by atoms with Gasteiger partial charge >= 0.3 is 0 Å². The molecule has 204 valence electrons. The zero-order valence-corrected chi connectivity index (χ0v) is 22.6. The van der Waals surface area contributed by atoms with Crippen LogP contribution in [-0.2, 0) is 19.6 Å². The summed E-state index contributed by atoms with van der Waals surface area (Å²) >= 11 is 0. The molecule has 2 aromatic carbocycles. The fourth-order valence-electron chi connectivity index (χ4n) is 6.75. The predicted octanol–water partition coefficient (Wildman–Crippen LogP) is 4.77. The molecular formula is C32H31N3O5. The number of phenolic OH excluding ortho intramolecular Hbond substituents is 1. The highest BCUT2D eigenvalue weighted by Gasteiger charge is 2.37. The summed E-state index contributed by atoms with van der Waals surface area (Å²) in [5.41, 5.74) is 4.15. The van der Waals surface area contributed by atoms with Crippen molar-refractivity contribution >= 4 is 22.8 Å². The van der Waals surface area contributed by atoms with E-state index >= 15 is 0 Å². The Hall–Kier alpha value is -4.30. The van der Waals surface area contributed by atoms with Crippen molar-refractivity contribution in [3.63, 3.8) is 0 Å². The number of ether oxygens (including phenoxy) is 2. The van der Waals surface area contributed by atoms with Crippen LogP contribution in [0.5, 0.6) is 17.2 Å². The van der Waals surface area contributed by atoms with Gasteiger partial charge in [-0.3, -0.25) is 14.5 Å². The van der Waals surface area contributed by atoms with Gasteiger partial charge in [0, 0.05) is 73.1 Å². The van der Waals surface area contributed by atoms with Gasteiger partial charge in [-0.05, 0) is 61.7 Å². The van der Waals surface area contributed by atoms with Crippen LogP contribution in [0.2, 0.25) is 0 Å². The SMILES string of the molecule is CCn1cc(/C=C2/Oc3c(ccc(O)c3CN3C[C@@H]4C[C@H](C3)c3cccc(=O)n3C4)C2=O)c2cc(OC)ccc21. The first kappa shape index (κ1) is 24.7. The van der Waals surface area contributed by atoms with Gasteiger partial charge < -0.3 is 23.7 Å². The molecule has 0 unspecified atom stereocenters. The third-order valence-corrected chi connectivity index (χ3v) is 8.60. The predicted molar refractivity (Wildman–Crippen MR) is 152 cm³/mol. The molecule has 2 bridgehead atoms. The van der Waals surface area contributed by atoms with Gasteiger partial charge in [0.05, 0.1) is 18.2 Å². The number of aryl methyl sites for hydroxylation is 1. The van der Waals surface area contributed by atoms with E-state index in [0.717, 1.165) is 54.0 Å². The molecule has 0 spiro atoms. The second kappa shape index (κ2) is 9.41. The minimum atomic E-state index is -0.194. The molecule has 0 radical (unpaired) electrons. The van der Waals surface area contributed by atoms with Crippen molar-refractivity contribution in [2.24, 2.45) is 5.92 Å². The number of phenols is 1. The Bertz CT molecular complexity index is 1760. The highest BCUT2D eigenvalue weighted by molar-refractivity contribution is 6.15. The van der Waals surface area contributed by atoms with Crippen LogP contribution in [0.3, 0.4) is 0 Å². The fraction of sp³-hybridized carbons (Fsp3) is 0.312. The molecule has 3 aliphatic rings. The van der Waals surface area contributed by atoms with E-state index in [1.165, 1.54) is 0 Å². The van der Waals surface area contributed by atoms with Gasteiger partial charge in [-0.15, -0.1) is 0 Å². The number of Topliss-reactive ketones (excluding diaryl/α,β-unsaturated/α-hetero) is 1. The minimum Gasteiger partial charge on any atom is -0.507 e. The molecule has 0 amide bonds. The average molecular weight is 538 g/mol. The van der Waals surface area contributed by atoms with Crippen LogP contribution in [0.4, 0.5) is 0 Å². The van der Waals surface area contributed by atoms with E-state index in [-0.39, 0.29) is 28.8 Å². The highest BCUT2D eigenvalue weighted by Crippen LogP contribution is 2.42. The Morgan fingerprint density at radius 3 is 2.80 bits per heavy atom. The molecule has 2 aromatic heterocycles. The maximum absolute atomic E-state index is 13.5. The van der Waals surface area contributed by atoms with E-state index in [0.29, 0.717) is 35.9 Å². The normalized spacial score (nSPS) is 20.9. The molecule has 1 N–H and O–H groups in total. The number of carbonyl (C=O) groups excluding carboxylic acids is 1. The van der Waals surface area contributed by atoms with Crippen molar-refractivity contribution in [2.75, 3.05) is 20.2 Å². The summed E-state index contributed by atoms with van der Waals surface area (Å²) in [6, 6.07) is 14.7. The van der Waals surface area contributed by atoms with Gasteiger partial charge in [0.25, 0.3) is 5.56 Å². The maximum atomic E-state index is 13.5. The van der Waals surface area contributed by atoms with Gasteiger partial charge in [0.2, 0.25) is 5.78 Å². The summed E-state index contributed by atoms with van der Waals surface area (Å²) in [5, 5.41) is 11.9. The Kier molecular flexibility index (Phi) is 5.82. The number of ketones is 1. The monoisotopic (exact) mass is 537 g/mol. The van der Waals surface area contributed by atoms with Crippen LogP contribution < -0.4 is 15.0 Å². The summed E-state index contributed by atoms with van der Waals surface area (Å²) in [4.78, 5) is 28.2. The minimum absolute atomic E-state index is 0.0610. The molecule has 8 nitrogen and oxygen atoms in total. The van der Waals surface area contributed by atoms with E-state index in [4.69, 9.17) is 9.47 Å². The molecule has 3 aliphatic heterocycles. The number of pyridine rings is 1. The second-order valence-corrected chi connectivity index (χ2v) is 11.0. The first-order chi connectivity index (χ1) is 19.4. The van der Waals surface area contributed by atoms with Gasteiger partial charge in [-0.25, -0.2) is 0 Å². The van der Waals surface area contributed by atoms with Gasteiger partial charge in [-0.1, -0.05) is 6.07 Å². The number of aromatic hydroxyl groups is 1. The molecule has 0 saturated carbocycles. The smallest absolute Gasteiger partial charge is 0.250 e. The lowest BCUT2D eigenvalue weighted by Gasteiger charge is -2.42. The maximum Gasteiger partial charge on any atom is 0.250 e. The number of benzene rings is 2. The zero-order chi connectivity index (χ0) is 27.5. The summed E-state index contributed by atoms with van der Waals surface area (Å²) in [7, 11) is 1.64. The van der Waals surface area contributed by atoms with Gasteiger partial charge in [-0.2, -0.15) is 0 Å². The molecule has 0 aliphatic carbocycles. The van der Waals surface area contributed by atoms with Crippen molar-refractivity contribution in [3.05, 3.63) is 93.2 Å². The quantitative estimate of drug-likeness (QED) is 0.369. The van der Waals surface area contributed by atoms with Crippen LogP contribution in [0, 0.1) is 5.92 Å². The second-order valence-electron chi connectivity index (χ2n) is 11.0. The molecule has 2 atom stereocenters. The van der Waals surface area contributed by atoms with Gasteiger partial charge in [0.15, 0.2) is 5.76 Å². The van der Waals surface area contributed by atoms with Crippen molar-refractivity contribution in [2.45, 2.75) is 38.9 Å². The van der Waals surface area contributed by atoms with Crippen LogP contribution in [0.15, 0.2) is 65.3 Å². The number of nitrogens with zero attached hydrogens (tertiary/aromatic N) is 3. The first-order valence-corrected chi connectivity index (χ1v) is 13.8. The number of piperidine rings is 1. The molecule has 8 heteroatoms. The third kappa shape index (κ3) is 3.93. The first-order valence-electron chi connectivity index (χ1n) is 13.8. The van der Waals surface area contributed by atoms with Crippen LogP contribution in [0.25, 0.3) is 17.0 Å².